The highest BCUT2D eigenvalue weighted by atomic mass is 79.9. The zero-order chi connectivity index (χ0) is 31.7. The standard InChI is InChI=1S/C34H35BrFN3O4S/c1-3-21-37-34(41)32(22-26-7-5-4-6-8-26)38(23-27-11-15-29(36)16-12-27)33(40)24-39(30-17-13-28(35)14-18-30)44(42,43)31-19-9-25(2)10-20-31/h4-20,32H,3,21-24H2,1-2H3,(H,37,41)/t32-/m0/s1. The first kappa shape index (κ1) is 32.9. The molecule has 0 fully saturated rings. The van der Waals surface area contributed by atoms with Crippen LogP contribution in [-0.2, 0) is 32.6 Å². The third-order valence-electron chi connectivity index (χ3n) is 7.09. The number of carbonyl (C=O) groups is 2. The first-order chi connectivity index (χ1) is 21.1. The molecule has 230 valence electrons. The van der Waals surface area contributed by atoms with Crippen LogP contribution in [0.3, 0.4) is 0 Å². The van der Waals surface area contributed by atoms with Crippen LogP contribution in [0, 0.1) is 12.7 Å². The van der Waals surface area contributed by atoms with Crippen molar-refractivity contribution in [1.29, 1.82) is 0 Å². The van der Waals surface area contributed by atoms with Crippen LogP contribution in [0.5, 0.6) is 0 Å². The van der Waals surface area contributed by atoms with E-state index in [4.69, 9.17) is 0 Å². The first-order valence-corrected chi connectivity index (χ1v) is 16.5. The number of hydrogen-bond donors (Lipinski definition) is 1. The van der Waals surface area contributed by atoms with Gasteiger partial charge in [-0.05, 0) is 73.0 Å². The van der Waals surface area contributed by atoms with E-state index < -0.39 is 34.3 Å². The fourth-order valence-electron chi connectivity index (χ4n) is 4.68. The number of anilines is 1. The van der Waals surface area contributed by atoms with Crippen LogP contribution in [0.1, 0.15) is 30.0 Å². The molecule has 7 nitrogen and oxygen atoms in total. The van der Waals surface area contributed by atoms with E-state index in [2.05, 4.69) is 21.2 Å². The number of benzene rings is 4. The van der Waals surface area contributed by atoms with Crippen molar-refractivity contribution in [2.75, 3.05) is 17.4 Å². The monoisotopic (exact) mass is 679 g/mol. The van der Waals surface area contributed by atoms with Crippen molar-refractivity contribution < 1.29 is 22.4 Å². The molecule has 0 radical (unpaired) electrons. The van der Waals surface area contributed by atoms with Crippen molar-refractivity contribution in [1.82, 2.24) is 10.2 Å². The lowest BCUT2D eigenvalue weighted by Gasteiger charge is -2.34. The van der Waals surface area contributed by atoms with Crippen molar-refractivity contribution >= 4 is 43.5 Å². The predicted octanol–water partition coefficient (Wildman–Crippen LogP) is 6.26. The van der Waals surface area contributed by atoms with Gasteiger partial charge in [0.25, 0.3) is 10.0 Å². The van der Waals surface area contributed by atoms with Crippen LogP contribution in [0.4, 0.5) is 10.1 Å². The van der Waals surface area contributed by atoms with E-state index in [1.165, 1.54) is 29.2 Å². The SMILES string of the molecule is CCCNC(=O)[C@H](Cc1ccccc1)N(Cc1ccc(F)cc1)C(=O)CN(c1ccc(Br)cc1)S(=O)(=O)c1ccc(C)cc1. The largest absolute Gasteiger partial charge is 0.354 e. The Kier molecular flexibility index (Phi) is 11.3. The lowest BCUT2D eigenvalue weighted by molar-refractivity contribution is -0.140. The van der Waals surface area contributed by atoms with Crippen molar-refractivity contribution in [2.45, 2.75) is 44.2 Å². The van der Waals surface area contributed by atoms with Gasteiger partial charge in [0.05, 0.1) is 10.6 Å². The van der Waals surface area contributed by atoms with Gasteiger partial charge < -0.3 is 10.2 Å². The molecule has 2 amide bonds. The Labute approximate surface area is 266 Å². The summed E-state index contributed by atoms with van der Waals surface area (Å²) in [7, 11) is -4.19. The summed E-state index contributed by atoms with van der Waals surface area (Å²) >= 11 is 3.39. The number of sulfonamides is 1. The average Bonchev–Trinajstić information content (AvgIpc) is 3.02. The number of aryl methyl sites for hydroxylation is 1. The second-order valence-corrected chi connectivity index (χ2v) is 13.2. The summed E-state index contributed by atoms with van der Waals surface area (Å²) < 4.78 is 43.7. The van der Waals surface area contributed by atoms with Crippen LogP contribution < -0.4 is 9.62 Å². The Morgan fingerprint density at radius 3 is 2.11 bits per heavy atom. The number of carbonyl (C=O) groups excluding carboxylic acids is 2. The minimum absolute atomic E-state index is 0.0328. The Bertz CT molecular complexity index is 1650. The molecule has 1 N–H and O–H groups in total. The number of amides is 2. The van der Waals surface area contributed by atoms with Crippen LogP contribution >= 0.6 is 15.9 Å². The molecule has 44 heavy (non-hydrogen) atoms. The maximum Gasteiger partial charge on any atom is 0.264 e. The molecule has 0 heterocycles. The summed E-state index contributed by atoms with van der Waals surface area (Å²) in [6.07, 6.45) is 0.897. The highest BCUT2D eigenvalue weighted by molar-refractivity contribution is 9.10. The third kappa shape index (κ3) is 8.54. The molecule has 4 aromatic carbocycles. The maximum absolute atomic E-state index is 14.4. The van der Waals surface area contributed by atoms with E-state index in [-0.39, 0.29) is 23.8 Å². The molecule has 4 rings (SSSR count). The number of nitrogens with zero attached hydrogens (tertiary/aromatic N) is 2. The van der Waals surface area contributed by atoms with E-state index in [1.807, 2.05) is 44.2 Å². The number of halogens is 2. The van der Waals surface area contributed by atoms with Crippen LogP contribution in [0.15, 0.2) is 112 Å². The zero-order valence-electron chi connectivity index (χ0n) is 24.6. The number of nitrogens with one attached hydrogen (secondary N) is 1. The summed E-state index contributed by atoms with van der Waals surface area (Å²) in [5, 5.41) is 2.91. The molecule has 0 aliphatic carbocycles. The molecule has 0 bridgehead atoms. The van der Waals surface area contributed by atoms with Crippen LogP contribution in [0.25, 0.3) is 0 Å². The highest BCUT2D eigenvalue weighted by Crippen LogP contribution is 2.27. The van der Waals surface area contributed by atoms with Gasteiger partial charge in [0.15, 0.2) is 0 Å². The molecule has 4 aromatic rings. The fourth-order valence-corrected chi connectivity index (χ4v) is 6.36. The Balaban J connectivity index is 1.78. The van der Waals surface area contributed by atoms with Gasteiger partial charge >= 0.3 is 0 Å². The fraction of sp³-hybridized carbons (Fsp3) is 0.235. The van der Waals surface area contributed by atoms with Crippen molar-refractivity contribution in [3.8, 4) is 0 Å². The second-order valence-electron chi connectivity index (χ2n) is 10.4. The van der Waals surface area contributed by atoms with Crippen molar-refractivity contribution in [3.63, 3.8) is 0 Å². The first-order valence-electron chi connectivity index (χ1n) is 14.3. The summed E-state index contributed by atoms with van der Waals surface area (Å²) in [6.45, 7) is 3.60. The van der Waals surface area contributed by atoms with E-state index in [0.29, 0.717) is 24.2 Å². The van der Waals surface area contributed by atoms with Crippen LogP contribution in [-0.4, -0.2) is 44.3 Å². The molecule has 0 aliphatic heterocycles. The molecule has 1 atom stereocenters. The topological polar surface area (TPSA) is 86.8 Å². The molecular formula is C34H35BrFN3O4S. The zero-order valence-corrected chi connectivity index (χ0v) is 27.0. The van der Waals surface area contributed by atoms with Gasteiger partial charge in [0.1, 0.15) is 18.4 Å². The van der Waals surface area contributed by atoms with Gasteiger partial charge in [-0.1, -0.05) is 83.0 Å². The van der Waals surface area contributed by atoms with Gasteiger partial charge in [0.2, 0.25) is 11.8 Å². The average molecular weight is 681 g/mol. The summed E-state index contributed by atoms with van der Waals surface area (Å²) in [6, 6.07) is 27.1. The normalized spacial score (nSPS) is 11.9. The molecule has 0 saturated heterocycles. The van der Waals surface area contributed by atoms with E-state index in [9.17, 15) is 22.4 Å². The van der Waals surface area contributed by atoms with Gasteiger partial charge in [-0.25, -0.2) is 12.8 Å². The van der Waals surface area contributed by atoms with E-state index in [0.717, 1.165) is 19.9 Å². The van der Waals surface area contributed by atoms with E-state index in [1.54, 1.807) is 48.5 Å². The molecule has 0 unspecified atom stereocenters. The molecule has 0 aliphatic rings. The number of rotatable bonds is 13. The highest BCUT2D eigenvalue weighted by Gasteiger charge is 2.34. The summed E-state index contributed by atoms with van der Waals surface area (Å²) in [5.74, 6) is -1.37. The second kappa shape index (κ2) is 15.1. The molecule has 0 spiro atoms. The van der Waals surface area contributed by atoms with Gasteiger partial charge in [-0.15, -0.1) is 0 Å². The lowest BCUT2D eigenvalue weighted by atomic mass is 10.0. The molecule has 0 saturated carbocycles. The molecule has 0 aromatic heterocycles. The maximum atomic E-state index is 14.4. The quantitative estimate of drug-likeness (QED) is 0.181. The Morgan fingerprint density at radius 1 is 0.864 bits per heavy atom. The Morgan fingerprint density at radius 2 is 1.50 bits per heavy atom. The summed E-state index contributed by atoms with van der Waals surface area (Å²) in [5.41, 5.74) is 2.61. The van der Waals surface area contributed by atoms with Crippen molar-refractivity contribution in [2.24, 2.45) is 0 Å². The summed E-state index contributed by atoms with van der Waals surface area (Å²) in [4.78, 5) is 29.4. The van der Waals surface area contributed by atoms with Crippen LogP contribution in [0.2, 0.25) is 0 Å². The molecular weight excluding hydrogens is 645 g/mol. The minimum atomic E-state index is -4.19. The number of hydrogen-bond acceptors (Lipinski definition) is 4. The van der Waals surface area contributed by atoms with Gasteiger partial charge in [0, 0.05) is 24.0 Å². The molecule has 10 heteroatoms. The van der Waals surface area contributed by atoms with Gasteiger partial charge in [-0.2, -0.15) is 0 Å². The van der Waals surface area contributed by atoms with Crippen molar-refractivity contribution in [3.05, 3.63) is 130 Å². The lowest BCUT2D eigenvalue weighted by Crippen LogP contribution is -2.53. The predicted molar refractivity (Wildman–Crippen MR) is 174 cm³/mol. The third-order valence-corrected chi connectivity index (χ3v) is 9.41. The minimum Gasteiger partial charge on any atom is -0.354 e. The smallest absolute Gasteiger partial charge is 0.264 e. The van der Waals surface area contributed by atoms with Gasteiger partial charge in [-0.3, -0.25) is 13.9 Å². The Hall–Kier alpha value is -4.02. The van der Waals surface area contributed by atoms with E-state index >= 15 is 0 Å².